The molecule has 0 saturated heterocycles. The lowest BCUT2D eigenvalue weighted by molar-refractivity contribution is -0.139. The van der Waals surface area contributed by atoms with E-state index in [1.165, 1.54) is 0 Å². The van der Waals surface area contributed by atoms with Gasteiger partial charge < -0.3 is 5.11 Å². The van der Waals surface area contributed by atoms with Crippen LogP contribution in [0.2, 0.25) is 0 Å². The molecule has 0 aromatic rings. The smallest absolute Gasteiger partial charge is 0.321 e. The third kappa shape index (κ3) is 8.47. The Bertz CT molecular complexity index is 357. The van der Waals surface area contributed by atoms with Gasteiger partial charge >= 0.3 is 5.97 Å². The van der Waals surface area contributed by atoms with E-state index in [1.807, 2.05) is 27.7 Å². The number of hydrogen-bond acceptors (Lipinski definition) is 3. The van der Waals surface area contributed by atoms with Crippen LogP contribution in [-0.4, -0.2) is 31.3 Å². The lowest BCUT2D eigenvalue weighted by Crippen LogP contribution is -2.42. The van der Waals surface area contributed by atoms with E-state index in [4.69, 9.17) is 5.11 Å². The standard InChI is InChI=1S/C12H25NO4S/c1-5-6-7-10(11(14)15)13-18(16,17)9-8-12(2,3)4/h10,13H,5-9H2,1-4H3,(H,14,15)/t10-/m0/s1. The zero-order valence-electron chi connectivity index (χ0n) is 11.7. The van der Waals surface area contributed by atoms with Gasteiger partial charge in [-0.25, -0.2) is 13.1 Å². The quantitative estimate of drug-likeness (QED) is 0.711. The molecule has 0 aromatic heterocycles. The minimum atomic E-state index is -3.52. The third-order valence-electron chi connectivity index (χ3n) is 2.59. The van der Waals surface area contributed by atoms with Gasteiger partial charge in [0, 0.05) is 0 Å². The van der Waals surface area contributed by atoms with Gasteiger partial charge in [0.1, 0.15) is 6.04 Å². The zero-order valence-corrected chi connectivity index (χ0v) is 12.5. The Morgan fingerprint density at radius 2 is 1.89 bits per heavy atom. The molecule has 0 unspecified atom stereocenters. The average Bonchev–Trinajstić information content (AvgIpc) is 2.20. The van der Waals surface area contributed by atoms with Crippen molar-refractivity contribution >= 4 is 16.0 Å². The minimum absolute atomic E-state index is 0.0353. The first-order chi connectivity index (χ1) is 8.07. The number of rotatable bonds is 8. The van der Waals surface area contributed by atoms with Crippen molar-refractivity contribution in [3.05, 3.63) is 0 Å². The fourth-order valence-corrected chi connectivity index (χ4v) is 3.01. The van der Waals surface area contributed by atoms with Crippen molar-refractivity contribution in [3.63, 3.8) is 0 Å². The van der Waals surface area contributed by atoms with Crippen molar-refractivity contribution in [3.8, 4) is 0 Å². The topological polar surface area (TPSA) is 83.5 Å². The third-order valence-corrected chi connectivity index (χ3v) is 3.97. The molecule has 2 N–H and O–H groups in total. The number of carboxylic acids is 1. The van der Waals surface area contributed by atoms with Crippen molar-refractivity contribution < 1.29 is 18.3 Å². The number of carboxylic acid groups (broad SMARTS) is 1. The number of aliphatic carboxylic acids is 1. The maximum Gasteiger partial charge on any atom is 0.321 e. The van der Waals surface area contributed by atoms with Gasteiger partial charge in [0.2, 0.25) is 10.0 Å². The molecule has 0 aliphatic heterocycles. The number of unbranched alkanes of at least 4 members (excludes halogenated alkanes) is 1. The average molecular weight is 279 g/mol. The van der Waals surface area contributed by atoms with Gasteiger partial charge in [0.05, 0.1) is 5.75 Å². The molecule has 108 valence electrons. The highest BCUT2D eigenvalue weighted by Crippen LogP contribution is 2.19. The summed E-state index contributed by atoms with van der Waals surface area (Å²) in [6.07, 6.45) is 2.37. The summed E-state index contributed by atoms with van der Waals surface area (Å²) in [7, 11) is -3.52. The van der Waals surface area contributed by atoms with Gasteiger partial charge in [0.15, 0.2) is 0 Å². The van der Waals surface area contributed by atoms with Crippen LogP contribution in [0.3, 0.4) is 0 Å². The van der Waals surface area contributed by atoms with Crippen LogP contribution in [0.15, 0.2) is 0 Å². The summed E-state index contributed by atoms with van der Waals surface area (Å²) in [6, 6.07) is -1.00. The molecule has 0 bridgehead atoms. The summed E-state index contributed by atoms with van der Waals surface area (Å²) in [6.45, 7) is 7.80. The number of hydrogen-bond donors (Lipinski definition) is 2. The molecule has 0 aliphatic carbocycles. The molecule has 0 rings (SSSR count). The number of carbonyl (C=O) groups is 1. The van der Waals surface area contributed by atoms with Gasteiger partial charge in [-0.2, -0.15) is 0 Å². The lowest BCUT2D eigenvalue weighted by atomic mass is 9.94. The van der Waals surface area contributed by atoms with Gasteiger partial charge in [-0.05, 0) is 18.3 Å². The van der Waals surface area contributed by atoms with E-state index in [-0.39, 0.29) is 11.2 Å². The summed E-state index contributed by atoms with van der Waals surface area (Å²) < 4.78 is 25.8. The Kier molecular flexibility index (Phi) is 6.84. The van der Waals surface area contributed by atoms with E-state index in [0.717, 1.165) is 6.42 Å². The summed E-state index contributed by atoms with van der Waals surface area (Å²) in [5.74, 6) is -1.14. The normalized spacial score (nSPS) is 14.4. The molecular weight excluding hydrogens is 254 g/mol. The van der Waals surface area contributed by atoms with Crippen LogP contribution in [0.25, 0.3) is 0 Å². The van der Waals surface area contributed by atoms with Crippen molar-refractivity contribution in [2.24, 2.45) is 5.41 Å². The molecule has 0 amide bonds. The highest BCUT2D eigenvalue weighted by atomic mass is 32.2. The molecule has 18 heavy (non-hydrogen) atoms. The first-order valence-electron chi connectivity index (χ1n) is 6.30. The molecule has 0 aliphatic rings. The van der Waals surface area contributed by atoms with Crippen molar-refractivity contribution in [1.29, 1.82) is 0 Å². The monoisotopic (exact) mass is 279 g/mol. The molecule has 0 heterocycles. The first-order valence-corrected chi connectivity index (χ1v) is 7.95. The largest absolute Gasteiger partial charge is 0.480 e. The number of nitrogens with one attached hydrogen (secondary N) is 1. The van der Waals surface area contributed by atoms with E-state index < -0.39 is 22.0 Å². The Labute approximate surface area is 110 Å². The van der Waals surface area contributed by atoms with E-state index in [9.17, 15) is 13.2 Å². The molecule has 0 saturated carbocycles. The summed E-state index contributed by atoms with van der Waals surface area (Å²) in [5, 5.41) is 8.96. The highest BCUT2D eigenvalue weighted by molar-refractivity contribution is 7.89. The Morgan fingerprint density at radius 3 is 2.28 bits per heavy atom. The van der Waals surface area contributed by atoms with Crippen molar-refractivity contribution in [2.45, 2.75) is 59.4 Å². The molecule has 5 nitrogen and oxygen atoms in total. The van der Waals surface area contributed by atoms with Gasteiger partial charge in [-0.1, -0.05) is 40.5 Å². The van der Waals surface area contributed by atoms with E-state index in [0.29, 0.717) is 19.3 Å². The lowest BCUT2D eigenvalue weighted by Gasteiger charge is -2.19. The van der Waals surface area contributed by atoms with Gasteiger partial charge in [-0.15, -0.1) is 0 Å². The number of sulfonamides is 1. The molecule has 0 aromatic carbocycles. The van der Waals surface area contributed by atoms with Crippen LogP contribution >= 0.6 is 0 Å². The minimum Gasteiger partial charge on any atom is -0.480 e. The van der Waals surface area contributed by atoms with E-state index in [1.54, 1.807) is 0 Å². The fraction of sp³-hybridized carbons (Fsp3) is 0.917. The van der Waals surface area contributed by atoms with E-state index >= 15 is 0 Å². The van der Waals surface area contributed by atoms with Crippen LogP contribution in [0.5, 0.6) is 0 Å². The van der Waals surface area contributed by atoms with Crippen LogP contribution in [0.4, 0.5) is 0 Å². The maximum atomic E-state index is 11.8. The molecule has 1 atom stereocenters. The fourth-order valence-electron chi connectivity index (χ4n) is 1.36. The van der Waals surface area contributed by atoms with E-state index in [2.05, 4.69) is 4.72 Å². The highest BCUT2D eigenvalue weighted by Gasteiger charge is 2.24. The molecular formula is C12H25NO4S. The van der Waals surface area contributed by atoms with Gasteiger partial charge in [-0.3, -0.25) is 4.79 Å². The van der Waals surface area contributed by atoms with Crippen molar-refractivity contribution in [1.82, 2.24) is 4.72 Å². The second kappa shape index (κ2) is 7.09. The predicted octanol–water partition coefficient (Wildman–Crippen LogP) is 1.99. The van der Waals surface area contributed by atoms with Crippen LogP contribution < -0.4 is 4.72 Å². The zero-order chi connectivity index (χ0) is 14.4. The van der Waals surface area contributed by atoms with Crippen LogP contribution in [-0.2, 0) is 14.8 Å². The summed E-state index contributed by atoms with van der Waals surface area (Å²) >= 11 is 0. The van der Waals surface area contributed by atoms with Crippen LogP contribution in [0.1, 0.15) is 53.4 Å². The van der Waals surface area contributed by atoms with Crippen molar-refractivity contribution in [2.75, 3.05) is 5.75 Å². The SMILES string of the molecule is CCCC[C@H](NS(=O)(=O)CCC(C)(C)C)C(=O)O. The second-order valence-electron chi connectivity index (χ2n) is 5.78. The Morgan fingerprint density at radius 1 is 1.33 bits per heavy atom. The van der Waals surface area contributed by atoms with Crippen LogP contribution in [0, 0.1) is 5.41 Å². The first kappa shape index (κ1) is 17.4. The molecule has 6 heteroatoms. The molecule has 0 fully saturated rings. The molecule has 0 spiro atoms. The Balaban J connectivity index is 4.47. The Hall–Kier alpha value is -0.620. The predicted molar refractivity (Wildman–Crippen MR) is 71.9 cm³/mol. The maximum absolute atomic E-state index is 11.8. The molecule has 0 radical (unpaired) electrons. The summed E-state index contributed by atoms with van der Waals surface area (Å²) in [5.41, 5.74) is -0.0864. The summed E-state index contributed by atoms with van der Waals surface area (Å²) in [4.78, 5) is 11.0. The van der Waals surface area contributed by atoms with Gasteiger partial charge in [0.25, 0.3) is 0 Å². The second-order valence-corrected chi connectivity index (χ2v) is 7.65.